The summed E-state index contributed by atoms with van der Waals surface area (Å²) in [5, 5.41) is 3.77. The highest BCUT2D eigenvalue weighted by Crippen LogP contribution is 2.40. The van der Waals surface area contributed by atoms with E-state index in [1.165, 1.54) is 25.0 Å². The Hall–Kier alpha value is 0.270. The van der Waals surface area contributed by atoms with Crippen LogP contribution in [0, 0.1) is 0 Å². The quantitative estimate of drug-likeness (QED) is 0.701. The molecule has 3 heteroatoms. The van der Waals surface area contributed by atoms with E-state index in [0.29, 0.717) is 11.0 Å². The normalized spacial score (nSPS) is 45.7. The van der Waals surface area contributed by atoms with Crippen molar-refractivity contribution >= 4 is 11.8 Å². The van der Waals surface area contributed by atoms with Crippen molar-refractivity contribution < 1.29 is 4.74 Å². The van der Waals surface area contributed by atoms with Gasteiger partial charge in [-0.2, -0.15) is 0 Å². The third-order valence-electron chi connectivity index (χ3n) is 3.05. The van der Waals surface area contributed by atoms with Gasteiger partial charge in [-0.3, -0.25) is 5.32 Å². The van der Waals surface area contributed by atoms with Gasteiger partial charge in [0.2, 0.25) is 0 Å². The minimum Gasteiger partial charge on any atom is -0.378 e. The van der Waals surface area contributed by atoms with Crippen molar-refractivity contribution in [1.82, 2.24) is 5.32 Å². The Morgan fingerprint density at radius 1 is 1.62 bits per heavy atom. The topological polar surface area (TPSA) is 21.3 Å². The number of ether oxygens (including phenoxy) is 1. The summed E-state index contributed by atoms with van der Waals surface area (Å²) in [6.45, 7) is 5.38. The second-order valence-corrected chi connectivity index (χ2v) is 5.59. The highest BCUT2D eigenvalue weighted by Gasteiger charge is 2.41. The van der Waals surface area contributed by atoms with E-state index in [1.54, 1.807) is 0 Å². The van der Waals surface area contributed by atoms with Gasteiger partial charge in [-0.05, 0) is 19.8 Å². The predicted octanol–water partition coefficient (Wildman–Crippen LogP) is 2.00. The van der Waals surface area contributed by atoms with Crippen LogP contribution in [0.3, 0.4) is 0 Å². The molecule has 2 aliphatic heterocycles. The average molecular weight is 201 g/mol. The van der Waals surface area contributed by atoms with Gasteiger partial charge in [0.05, 0.1) is 11.0 Å². The fraction of sp³-hybridized carbons (Fsp3) is 1.00. The molecule has 0 radical (unpaired) electrons. The highest BCUT2D eigenvalue weighted by molar-refractivity contribution is 8.00. The fourth-order valence-corrected chi connectivity index (χ4v) is 3.92. The molecule has 76 valence electrons. The summed E-state index contributed by atoms with van der Waals surface area (Å²) in [5.74, 6) is 1.28. The molecule has 0 saturated carbocycles. The van der Waals surface area contributed by atoms with E-state index in [0.717, 1.165) is 12.6 Å². The maximum atomic E-state index is 5.58. The molecule has 0 amide bonds. The monoisotopic (exact) mass is 201 g/mol. The summed E-state index contributed by atoms with van der Waals surface area (Å²) in [4.78, 5) is 0.359. The summed E-state index contributed by atoms with van der Waals surface area (Å²) >= 11 is 2.11. The second-order valence-electron chi connectivity index (χ2n) is 4.19. The summed E-state index contributed by atoms with van der Waals surface area (Å²) in [7, 11) is 0. The van der Waals surface area contributed by atoms with Gasteiger partial charge in [0, 0.05) is 24.8 Å². The van der Waals surface area contributed by atoms with Crippen molar-refractivity contribution in [3.05, 3.63) is 0 Å². The molecule has 2 rings (SSSR count). The highest BCUT2D eigenvalue weighted by atomic mass is 32.2. The smallest absolute Gasteiger partial charge is 0.0694 e. The van der Waals surface area contributed by atoms with Gasteiger partial charge in [0.15, 0.2) is 0 Å². The predicted molar refractivity (Wildman–Crippen MR) is 57.1 cm³/mol. The molecule has 0 aromatic carbocycles. The van der Waals surface area contributed by atoms with Crippen LogP contribution in [0.2, 0.25) is 0 Å². The van der Waals surface area contributed by atoms with Crippen LogP contribution < -0.4 is 5.32 Å². The lowest BCUT2D eigenvalue weighted by Gasteiger charge is -2.36. The summed E-state index contributed by atoms with van der Waals surface area (Å²) in [6, 6.07) is 0.732. The minimum atomic E-state index is 0.359. The molecule has 0 aromatic heterocycles. The van der Waals surface area contributed by atoms with Gasteiger partial charge in [-0.15, -0.1) is 11.8 Å². The van der Waals surface area contributed by atoms with Gasteiger partial charge in [0.25, 0.3) is 0 Å². The van der Waals surface area contributed by atoms with E-state index in [1.807, 2.05) is 0 Å². The third-order valence-corrected chi connectivity index (χ3v) is 4.66. The first-order valence-electron chi connectivity index (χ1n) is 5.27. The first kappa shape index (κ1) is 9.81. The lowest BCUT2D eigenvalue weighted by Crippen LogP contribution is -2.47. The van der Waals surface area contributed by atoms with Crippen LogP contribution in [0.25, 0.3) is 0 Å². The largest absolute Gasteiger partial charge is 0.378 e. The van der Waals surface area contributed by atoms with Crippen LogP contribution in [0.4, 0.5) is 0 Å². The van der Waals surface area contributed by atoms with E-state index in [2.05, 4.69) is 30.9 Å². The Morgan fingerprint density at radius 2 is 2.46 bits per heavy atom. The maximum absolute atomic E-state index is 5.58. The Kier molecular flexibility index (Phi) is 2.86. The molecule has 2 fully saturated rings. The van der Waals surface area contributed by atoms with E-state index >= 15 is 0 Å². The number of hydrogen-bond acceptors (Lipinski definition) is 3. The van der Waals surface area contributed by atoms with Gasteiger partial charge >= 0.3 is 0 Å². The van der Waals surface area contributed by atoms with Gasteiger partial charge in [-0.25, -0.2) is 0 Å². The van der Waals surface area contributed by atoms with E-state index in [9.17, 15) is 0 Å². The molecule has 1 N–H and O–H groups in total. The van der Waals surface area contributed by atoms with Crippen LogP contribution in [-0.2, 0) is 4.74 Å². The molecule has 0 bridgehead atoms. The van der Waals surface area contributed by atoms with Crippen molar-refractivity contribution in [3.63, 3.8) is 0 Å². The van der Waals surface area contributed by atoms with E-state index in [-0.39, 0.29) is 0 Å². The molecular formula is C10H19NOS. The molecule has 3 atom stereocenters. The first-order valence-corrected chi connectivity index (χ1v) is 6.26. The van der Waals surface area contributed by atoms with Gasteiger partial charge < -0.3 is 4.74 Å². The van der Waals surface area contributed by atoms with Crippen LogP contribution in [0.15, 0.2) is 0 Å². The molecule has 0 aromatic rings. The average Bonchev–Trinajstić information content (AvgIpc) is 2.48. The zero-order valence-corrected chi connectivity index (χ0v) is 9.32. The van der Waals surface area contributed by atoms with Crippen LogP contribution in [0.1, 0.15) is 33.1 Å². The number of nitrogens with one attached hydrogen (secondary N) is 1. The summed E-state index contributed by atoms with van der Waals surface area (Å²) < 4.78 is 5.58. The van der Waals surface area contributed by atoms with Crippen LogP contribution in [0.5, 0.6) is 0 Å². The zero-order valence-electron chi connectivity index (χ0n) is 8.51. The molecule has 2 aliphatic rings. The Balaban J connectivity index is 1.97. The molecule has 3 unspecified atom stereocenters. The Bertz CT molecular complexity index is 188. The molecule has 2 saturated heterocycles. The van der Waals surface area contributed by atoms with Crippen LogP contribution in [-0.4, -0.2) is 29.4 Å². The summed E-state index contributed by atoms with van der Waals surface area (Å²) in [5.41, 5.74) is 0. The minimum absolute atomic E-state index is 0.359. The van der Waals surface area contributed by atoms with Gasteiger partial charge in [-0.1, -0.05) is 6.92 Å². The number of hydrogen-bond donors (Lipinski definition) is 1. The van der Waals surface area contributed by atoms with Crippen LogP contribution >= 0.6 is 11.8 Å². The Labute approximate surface area is 84.8 Å². The van der Waals surface area contributed by atoms with Crippen molar-refractivity contribution in [2.45, 2.75) is 50.1 Å². The Morgan fingerprint density at radius 3 is 3.08 bits per heavy atom. The van der Waals surface area contributed by atoms with Crippen molar-refractivity contribution in [3.8, 4) is 0 Å². The molecule has 13 heavy (non-hydrogen) atoms. The maximum Gasteiger partial charge on any atom is 0.0694 e. The summed E-state index contributed by atoms with van der Waals surface area (Å²) in [6.07, 6.45) is 4.04. The van der Waals surface area contributed by atoms with Crippen molar-refractivity contribution in [2.75, 3.05) is 12.4 Å². The molecule has 0 aliphatic carbocycles. The first-order chi connectivity index (χ1) is 6.24. The molecule has 2 heterocycles. The lowest BCUT2D eigenvalue weighted by molar-refractivity contribution is 0.00558. The number of thioether (sulfide) groups is 1. The van der Waals surface area contributed by atoms with Crippen molar-refractivity contribution in [1.29, 1.82) is 0 Å². The number of rotatable bonds is 1. The lowest BCUT2D eigenvalue weighted by atomic mass is 10.0. The van der Waals surface area contributed by atoms with E-state index < -0.39 is 0 Å². The van der Waals surface area contributed by atoms with Crippen molar-refractivity contribution in [2.24, 2.45) is 0 Å². The van der Waals surface area contributed by atoms with E-state index in [4.69, 9.17) is 4.74 Å². The van der Waals surface area contributed by atoms with Gasteiger partial charge in [0.1, 0.15) is 0 Å². The third kappa shape index (κ3) is 2.03. The zero-order chi connectivity index (χ0) is 9.31. The fourth-order valence-electron chi connectivity index (χ4n) is 2.25. The molecular weight excluding hydrogens is 182 g/mol. The molecule has 1 spiro atoms. The molecule has 2 nitrogen and oxygen atoms in total. The standard InChI is InChI=1S/C10H19NOS/c1-3-9-7-13-10(11-9)4-5-12-8(2)6-10/h8-9,11H,3-7H2,1-2H3. The second kappa shape index (κ2) is 3.79. The SMILES string of the molecule is CCC1CSC2(CCOC(C)C2)N1.